The quantitative estimate of drug-likeness (QED) is 0.508. The number of thiocarbonyl (C=S) groups is 2. The van der Waals surface area contributed by atoms with Crippen molar-refractivity contribution in [3.63, 3.8) is 0 Å². The lowest BCUT2D eigenvalue weighted by Crippen LogP contribution is -2.41. The topological polar surface area (TPSA) is 6.48 Å². The summed E-state index contributed by atoms with van der Waals surface area (Å²) >= 11 is 13.3. The smallest absolute Gasteiger partial charge is 0.156 e. The third-order valence-electron chi connectivity index (χ3n) is 1.10. The van der Waals surface area contributed by atoms with E-state index in [1.165, 1.54) is 23.5 Å². The lowest BCUT2D eigenvalue weighted by atomic mass is 11.0. The Morgan fingerprint density at radius 1 is 1.00 bits per heavy atom. The van der Waals surface area contributed by atoms with E-state index < -0.39 is 0 Å². The maximum atomic E-state index is 5.14. The highest BCUT2D eigenvalue weighted by molar-refractivity contribution is 8.24. The molecule has 0 heterocycles. The van der Waals surface area contributed by atoms with Gasteiger partial charge < -0.3 is 0 Å². The molecule has 0 aliphatic rings. The van der Waals surface area contributed by atoms with Gasteiger partial charge in [-0.2, -0.15) is 0 Å². The van der Waals surface area contributed by atoms with Crippen LogP contribution >= 0.6 is 48.0 Å². The number of hydrazine groups is 1. The number of nitrogens with zero attached hydrogens (tertiary/aromatic N) is 2. The zero-order chi connectivity index (χ0) is 9.72. The summed E-state index contributed by atoms with van der Waals surface area (Å²) in [6, 6.07) is 0. The van der Waals surface area contributed by atoms with Crippen LogP contribution in [0.3, 0.4) is 0 Å². The van der Waals surface area contributed by atoms with E-state index in [1.807, 2.05) is 36.6 Å². The van der Waals surface area contributed by atoms with Gasteiger partial charge in [-0.25, -0.2) is 10.0 Å². The summed E-state index contributed by atoms with van der Waals surface area (Å²) in [5.74, 6) is 0. The SMILES string of the molecule is CSC(=S)N(C(=S)SC)N(C)C. The van der Waals surface area contributed by atoms with Gasteiger partial charge >= 0.3 is 0 Å². The van der Waals surface area contributed by atoms with Gasteiger partial charge in [0, 0.05) is 14.1 Å². The maximum absolute atomic E-state index is 5.14. The van der Waals surface area contributed by atoms with Gasteiger partial charge in [-0.15, -0.1) is 0 Å². The van der Waals surface area contributed by atoms with Gasteiger partial charge in [0.15, 0.2) is 8.64 Å². The van der Waals surface area contributed by atoms with Crippen LogP contribution in [0.1, 0.15) is 0 Å². The summed E-state index contributed by atoms with van der Waals surface area (Å²) in [5, 5.41) is 3.72. The first-order valence-corrected chi connectivity index (χ1v) is 6.44. The van der Waals surface area contributed by atoms with E-state index >= 15 is 0 Å². The van der Waals surface area contributed by atoms with Crippen LogP contribution in [-0.4, -0.2) is 45.3 Å². The van der Waals surface area contributed by atoms with Crippen molar-refractivity contribution in [2.45, 2.75) is 0 Å². The van der Waals surface area contributed by atoms with E-state index in [2.05, 4.69) is 0 Å². The third kappa shape index (κ3) is 3.57. The number of hydrogen-bond acceptors (Lipinski definition) is 5. The molecule has 70 valence electrons. The highest BCUT2D eigenvalue weighted by atomic mass is 32.2. The number of hydrogen-bond donors (Lipinski definition) is 0. The summed E-state index contributed by atoms with van der Waals surface area (Å²) < 4.78 is 1.55. The molecule has 0 spiro atoms. The molecule has 0 aromatic carbocycles. The Kier molecular flexibility index (Phi) is 6.48. The van der Waals surface area contributed by atoms with Gasteiger partial charge in [0.1, 0.15) is 0 Å². The van der Waals surface area contributed by atoms with Crippen molar-refractivity contribution < 1.29 is 0 Å². The highest BCUT2D eigenvalue weighted by Gasteiger charge is 2.15. The zero-order valence-corrected chi connectivity index (χ0v) is 10.8. The first-order valence-electron chi connectivity index (χ1n) is 3.17. The van der Waals surface area contributed by atoms with Crippen LogP contribution in [0.25, 0.3) is 0 Å². The van der Waals surface area contributed by atoms with Gasteiger partial charge in [0.2, 0.25) is 0 Å². The average molecular weight is 240 g/mol. The molecule has 0 N–H and O–H groups in total. The zero-order valence-electron chi connectivity index (χ0n) is 7.53. The largest absolute Gasteiger partial charge is 0.241 e. The molecule has 12 heavy (non-hydrogen) atoms. The molecule has 0 rings (SSSR count). The Morgan fingerprint density at radius 3 is 1.50 bits per heavy atom. The minimum atomic E-state index is 0.777. The van der Waals surface area contributed by atoms with E-state index in [0.29, 0.717) is 0 Å². The van der Waals surface area contributed by atoms with Gasteiger partial charge in [-0.3, -0.25) is 0 Å². The molecular weight excluding hydrogens is 228 g/mol. The Hall–Kier alpha value is 0.640. The Labute approximate surface area is 93.0 Å². The summed E-state index contributed by atoms with van der Waals surface area (Å²) in [7, 11) is 3.84. The fraction of sp³-hybridized carbons (Fsp3) is 0.667. The maximum Gasteiger partial charge on any atom is 0.156 e. The molecule has 0 atom stereocenters. The Balaban J connectivity index is 4.43. The van der Waals surface area contributed by atoms with Crippen LogP contribution in [0.4, 0.5) is 0 Å². The van der Waals surface area contributed by atoms with Gasteiger partial charge in [-0.1, -0.05) is 48.0 Å². The molecule has 0 radical (unpaired) electrons. The monoisotopic (exact) mass is 240 g/mol. The summed E-state index contributed by atoms with van der Waals surface area (Å²) in [4.78, 5) is 0. The predicted octanol–water partition coefficient (Wildman–Crippen LogP) is 2.06. The molecule has 0 saturated heterocycles. The molecule has 6 heteroatoms. The normalized spacial score (nSPS) is 10.1. The molecule has 0 unspecified atom stereocenters. The fourth-order valence-corrected chi connectivity index (χ4v) is 2.17. The molecule has 0 saturated carbocycles. The standard InChI is InChI=1S/C6H12N2S4/c1-7(2)8(5(9)11-3)6(10)12-4/h1-4H3. The average Bonchev–Trinajstić information content (AvgIpc) is 2.03. The van der Waals surface area contributed by atoms with E-state index in [-0.39, 0.29) is 0 Å². The second-order valence-electron chi connectivity index (χ2n) is 2.10. The minimum Gasteiger partial charge on any atom is -0.241 e. The molecule has 0 bridgehead atoms. The van der Waals surface area contributed by atoms with E-state index in [1.54, 1.807) is 0 Å². The molecule has 0 aliphatic carbocycles. The molecule has 0 aromatic heterocycles. The first-order chi connectivity index (χ1) is 5.54. The second-order valence-corrected chi connectivity index (χ2v) is 4.98. The molecule has 0 aliphatic heterocycles. The van der Waals surface area contributed by atoms with Crippen molar-refractivity contribution in [2.75, 3.05) is 26.6 Å². The van der Waals surface area contributed by atoms with Crippen LogP contribution < -0.4 is 0 Å². The van der Waals surface area contributed by atoms with Crippen molar-refractivity contribution in [3.8, 4) is 0 Å². The van der Waals surface area contributed by atoms with Crippen LogP contribution in [0.15, 0.2) is 0 Å². The predicted molar refractivity (Wildman–Crippen MR) is 67.8 cm³/mol. The van der Waals surface area contributed by atoms with Crippen LogP contribution in [0, 0.1) is 0 Å². The van der Waals surface area contributed by atoms with Crippen molar-refractivity contribution in [3.05, 3.63) is 0 Å². The molecule has 0 fully saturated rings. The van der Waals surface area contributed by atoms with E-state index in [4.69, 9.17) is 24.4 Å². The lowest BCUT2D eigenvalue weighted by Gasteiger charge is -2.29. The fourth-order valence-electron chi connectivity index (χ4n) is 0.574. The van der Waals surface area contributed by atoms with E-state index in [9.17, 15) is 0 Å². The Morgan fingerprint density at radius 2 is 1.33 bits per heavy atom. The first kappa shape index (κ1) is 12.6. The summed E-state index contributed by atoms with van der Waals surface area (Å²) in [6.07, 6.45) is 3.89. The lowest BCUT2D eigenvalue weighted by molar-refractivity contribution is 0.213. The van der Waals surface area contributed by atoms with Crippen molar-refractivity contribution in [1.82, 2.24) is 10.0 Å². The van der Waals surface area contributed by atoms with Crippen molar-refractivity contribution in [1.29, 1.82) is 0 Å². The second kappa shape index (κ2) is 6.15. The van der Waals surface area contributed by atoms with Crippen LogP contribution in [0.5, 0.6) is 0 Å². The highest BCUT2D eigenvalue weighted by Crippen LogP contribution is 2.13. The molecule has 0 aromatic rings. The molecule has 2 nitrogen and oxygen atoms in total. The Bertz CT molecular complexity index is 164. The summed E-state index contributed by atoms with van der Waals surface area (Å²) in [6.45, 7) is 0. The van der Waals surface area contributed by atoms with E-state index in [0.717, 1.165) is 8.64 Å². The summed E-state index contributed by atoms with van der Waals surface area (Å²) in [5.41, 5.74) is 0. The number of rotatable bonds is 1. The number of thioether (sulfide) groups is 2. The third-order valence-corrected chi connectivity index (χ3v) is 3.49. The van der Waals surface area contributed by atoms with Gasteiger partial charge in [-0.05, 0) is 12.5 Å². The van der Waals surface area contributed by atoms with Crippen molar-refractivity contribution >= 4 is 56.6 Å². The van der Waals surface area contributed by atoms with Gasteiger partial charge in [0.05, 0.1) is 0 Å². The van der Waals surface area contributed by atoms with Crippen LogP contribution in [-0.2, 0) is 0 Å². The minimum absolute atomic E-state index is 0.777. The molecular formula is C6H12N2S4. The van der Waals surface area contributed by atoms with Gasteiger partial charge in [0.25, 0.3) is 0 Å². The molecule has 0 amide bonds. The van der Waals surface area contributed by atoms with Crippen molar-refractivity contribution in [2.24, 2.45) is 0 Å². The van der Waals surface area contributed by atoms with Crippen LogP contribution in [0.2, 0.25) is 0 Å².